The molecule has 0 spiro atoms. The molecule has 1 aliphatic heterocycles. The average Bonchev–Trinajstić information content (AvgIpc) is 2.79. The quantitative estimate of drug-likeness (QED) is 0.929. The van der Waals surface area contributed by atoms with Gasteiger partial charge >= 0.3 is 0 Å². The van der Waals surface area contributed by atoms with Crippen molar-refractivity contribution in [2.75, 3.05) is 18.4 Å². The Kier molecular flexibility index (Phi) is 5.03. The minimum absolute atomic E-state index is 0.118. The van der Waals surface area contributed by atoms with Crippen molar-refractivity contribution in [3.8, 4) is 0 Å². The van der Waals surface area contributed by atoms with Crippen LogP contribution in [0.5, 0.6) is 0 Å². The maximum atomic E-state index is 12.6. The largest absolute Gasteiger partial charge is 0.368 e. The number of pyridine rings is 1. The van der Waals surface area contributed by atoms with Crippen LogP contribution in [0.4, 0.5) is 5.82 Å². The number of amides is 1. The third kappa shape index (κ3) is 3.88. The van der Waals surface area contributed by atoms with Crippen LogP contribution in [0.3, 0.4) is 0 Å². The highest BCUT2D eigenvalue weighted by Crippen LogP contribution is 2.21. The summed E-state index contributed by atoms with van der Waals surface area (Å²) in [6.45, 7) is 5.57. The summed E-state index contributed by atoms with van der Waals surface area (Å²) >= 11 is 0. The van der Waals surface area contributed by atoms with Crippen molar-refractivity contribution < 1.29 is 4.79 Å². The Morgan fingerprint density at radius 2 is 2.04 bits per heavy atom. The lowest BCUT2D eigenvalue weighted by atomic mass is 10.1. The van der Waals surface area contributed by atoms with Crippen LogP contribution >= 0.6 is 0 Å². The molecular weight excluding hydrogens is 302 g/mol. The average molecular weight is 325 g/mol. The number of anilines is 1. The molecule has 126 valence electrons. The highest BCUT2D eigenvalue weighted by molar-refractivity contribution is 5.78. The predicted molar refractivity (Wildman–Crippen MR) is 92.7 cm³/mol. The molecular formula is C18H23N5O. The second-order valence-electron chi connectivity index (χ2n) is 6.33. The van der Waals surface area contributed by atoms with Crippen molar-refractivity contribution in [3.05, 3.63) is 47.7 Å². The van der Waals surface area contributed by atoms with Gasteiger partial charge in [0.05, 0.1) is 12.1 Å². The first-order valence-corrected chi connectivity index (χ1v) is 8.40. The summed E-state index contributed by atoms with van der Waals surface area (Å²) in [7, 11) is 0. The number of fused-ring (bicyclic) bond motifs is 1. The molecule has 6 nitrogen and oxygen atoms in total. The summed E-state index contributed by atoms with van der Waals surface area (Å²) < 4.78 is 0. The molecule has 3 rings (SSSR count). The maximum absolute atomic E-state index is 12.6. The molecule has 0 fully saturated rings. The second-order valence-corrected chi connectivity index (χ2v) is 6.33. The van der Waals surface area contributed by atoms with Gasteiger partial charge in [-0.05, 0) is 32.4 Å². The molecule has 1 N–H and O–H groups in total. The topological polar surface area (TPSA) is 71.0 Å². The van der Waals surface area contributed by atoms with Gasteiger partial charge in [-0.25, -0.2) is 9.97 Å². The monoisotopic (exact) mass is 325 g/mol. The maximum Gasteiger partial charge on any atom is 0.228 e. The van der Waals surface area contributed by atoms with Crippen molar-refractivity contribution in [1.29, 1.82) is 0 Å². The van der Waals surface area contributed by atoms with Crippen molar-refractivity contribution in [1.82, 2.24) is 19.9 Å². The summed E-state index contributed by atoms with van der Waals surface area (Å²) in [5, 5.41) is 3.38. The lowest BCUT2D eigenvalue weighted by molar-refractivity contribution is -0.130. The van der Waals surface area contributed by atoms with Crippen molar-refractivity contribution >= 4 is 11.7 Å². The van der Waals surface area contributed by atoms with Gasteiger partial charge in [0.2, 0.25) is 5.91 Å². The van der Waals surface area contributed by atoms with E-state index < -0.39 is 0 Å². The number of nitrogens with one attached hydrogen (secondary N) is 1. The highest BCUT2D eigenvalue weighted by Gasteiger charge is 2.22. The molecule has 0 radical (unpaired) electrons. The predicted octanol–water partition coefficient (Wildman–Crippen LogP) is 1.86. The van der Waals surface area contributed by atoms with Crippen LogP contribution in [-0.2, 0) is 24.1 Å². The number of hydrogen-bond donors (Lipinski definition) is 1. The molecule has 3 heterocycles. The van der Waals surface area contributed by atoms with Gasteiger partial charge in [0.15, 0.2) is 0 Å². The van der Waals surface area contributed by atoms with Gasteiger partial charge in [-0.1, -0.05) is 6.07 Å². The zero-order valence-corrected chi connectivity index (χ0v) is 14.2. The molecule has 1 amide bonds. The van der Waals surface area contributed by atoms with E-state index >= 15 is 0 Å². The summed E-state index contributed by atoms with van der Waals surface area (Å²) in [4.78, 5) is 27.5. The lowest BCUT2D eigenvalue weighted by Gasteiger charge is -2.20. The zero-order chi connectivity index (χ0) is 16.9. The van der Waals surface area contributed by atoms with Crippen LogP contribution in [-0.4, -0.2) is 44.9 Å². The van der Waals surface area contributed by atoms with Gasteiger partial charge in [-0.2, -0.15) is 0 Å². The molecule has 1 aliphatic rings. The molecule has 0 atom stereocenters. The van der Waals surface area contributed by atoms with Crippen LogP contribution in [0, 0.1) is 0 Å². The third-order valence-corrected chi connectivity index (χ3v) is 4.12. The molecule has 24 heavy (non-hydrogen) atoms. The Labute approximate surface area is 142 Å². The molecule has 2 aromatic rings. The highest BCUT2D eigenvalue weighted by atomic mass is 16.2. The van der Waals surface area contributed by atoms with E-state index in [1.54, 1.807) is 12.5 Å². The van der Waals surface area contributed by atoms with Gasteiger partial charge < -0.3 is 10.2 Å². The SMILES string of the molecule is CC(C)Nc1ncnc2c1CCN(C(=O)Cc1ccccn1)CC2. The van der Waals surface area contributed by atoms with Crippen molar-refractivity contribution in [2.24, 2.45) is 0 Å². The third-order valence-electron chi connectivity index (χ3n) is 4.12. The summed E-state index contributed by atoms with van der Waals surface area (Å²) in [5.74, 6) is 1.02. The van der Waals surface area contributed by atoms with Crippen LogP contribution in [0.2, 0.25) is 0 Å². The fourth-order valence-electron chi connectivity index (χ4n) is 2.94. The van der Waals surface area contributed by atoms with E-state index in [2.05, 4.69) is 34.1 Å². The van der Waals surface area contributed by atoms with Crippen molar-refractivity contribution in [3.63, 3.8) is 0 Å². The molecule has 0 saturated heterocycles. The van der Waals surface area contributed by atoms with Gasteiger partial charge in [0, 0.05) is 43.0 Å². The number of nitrogens with zero attached hydrogens (tertiary/aromatic N) is 4. The van der Waals surface area contributed by atoms with E-state index in [-0.39, 0.29) is 5.91 Å². The molecule has 0 unspecified atom stereocenters. The normalized spacial score (nSPS) is 14.2. The van der Waals surface area contributed by atoms with Crippen LogP contribution < -0.4 is 5.32 Å². The molecule has 6 heteroatoms. The lowest BCUT2D eigenvalue weighted by Crippen LogP contribution is -2.34. The van der Waals surface area contributed by atoms with Gasteiger partial charge in [0.1, 0.15) is 12.1 Å². The fraction of sp³-hybridized carbons (Fsp3) is 0.444. The van der Waals surface area contributed by atoms with Gasteiger partial charge in [-0.15, -0.1) is 0 Å². The molecule has 0 saturated carbocycles. The minimum Gasteiger partial charge on any atom is -0.368 e. The molecule has 0 bridgehead atoms. The van der Waals surface area contributed by atoms with Crippen molar-refractivity contribution in [2.45, 2.75) is 39.2 Å². The smallest absolute Gasteiger partial charge is 0.228 e. The Hall–Kier alpha value is -2.50. The first-order valence-electron chi connectivity index (χ1n) is 8.40. The number of hydrogen-bond acceptors (Lipinski definition) is 5. The number of carbonyl (C=O) groups is 1. The van der Waals surface area contributed by atoms with Crippen LogP contribution in [0.25, 0.3) is 0 Å². The molecule has 2 aromatic heterocycles. The Bertz CT molecular complexity index is 702. The van der Waals surface area contributed by atoms with E-state index in [0.717, 1.165) is 35.6 Å². The summed E-state index contributed by atoms with van der Waals surface area (Å²) in [5.41, 5.74) is 2.99. The van der Waals surface area contributed by atoms with Gasteiger partial charge in [0.25, 0.3) is 0 Å². The second kappa shape index (κ2) is 7.38. The van der Waals surface area contributed by atoms with E-state index in [4.69, 9.17) is 0 Å². The standard InChI is InChI=1S/C18H23N5O/c1-13(2)22-18-15-6-9-23(10-7-16(15)20-12-21-18)17(24)11-14-5-3-4-8-19-14/h3-5,8,12-13H,6-7,9-11H2,1-2H3,(H,20,21,22). The first kappa shape index (κ1) is 16.4. The summed E-state index contributed by atoms with van der Waals surface area (Å²) in [6.07, 6.45) is 5.22. The minimum atomic E-state index is 0.118. The van der Waals surface area contributed by atoms with Crippen LogP contribution in [0.1, 0.15) is 30.8 Å². The Morgan fingerprint density at radius 1 is 1.21 bits per heavy atom. The van der Waals surface area contributed by atoms with E-state index in [1.807, 2.05) is 23.1 Å². The number of aromatic nitrogens is 3. The summed E-state index contributed by atoms with van der Waals surface area (Å²) in [6, 6.07) is 5.97. The van der Waals surface area contributed by atoms with E-state index in [0.29, 0.717) is 25.6 Å². The van der Waals surface area contributed by atoms with Crippen LogP contribution in [0.15, 0.2) is 30.7 Å². The number of carbonyl (C=O) groups excluding carboxylic acids is 1. The Morgan fingerprint density at radius 3 is 2.79 bits per heavy atom. The van der Waals surface area contributed by atoms with Gasteiger partial charge in [-0.3, -0.25) is 9.78 Å². The first-order chi connectivity index (χ1) is 11.6. The zero-order valence-electron chi connectivity index (χ0n) is 14.2. The Balaban J connectivity index is 1.70. The van der Waals surface area contributed by atoms with E-state index in [1.165, 1.54) is 0 Å². The molecule has 0 aliphatic carbocycles. The fourth-order valence-corrected chi connectivity index (χ4v) is 2.94. The number of rotatable bonds is 4. The molecule has 0 aromatic carbocycles. The van der Waals surface area contributed by atoms with E-state index in [9.17, 15) is 4.79 Å².